The van der Waals surface area contributed by atoms with E-state index in [-0.39, 0.29) is 5.97 Å². The summed E-state index contributed by atoms with van der Waals surface area (Å²) in [7, 11) is 1.39. The Kier molecular flexibility index (Phi) is 4.97. The quantitative estimate of drug-likeness (QED) is 0.624. The topological polar surface area (TPSA) is 26.3 Å². The molecule has 0 aliphatic rings. The number of ether oxygens (including phenoxy) is 1. The third-order valence-corrected chi connectivity index (χ3v) is 3.15. The Morgan fingerprint density at radius 3 is 2.35 bits per heavy atom. The van der Waals surface area contributed by atoms with Crippen LogP contribution in [0.25, 0.3) is 6.08 Å². The first kappa shape index (κ1) is 14.4. The third-order valence-electron chi connectivity index (χ3n) is 2.90. The Bertz CT molecular complexity index is 601. The van der Waals surface area contributed by atoms with Crippen LogP contribution in [0.1, 0.15) is 11.1 Å². The monoisotopic (exact) mass is 286 g/mol. The largest absolute Gasteiger partial charge is 0.466 e. The smallest absolute Gasteiger partial charge is 0.334 e. The van der Waals surface area contributed by atoms with Gasteiger partial charge in [-0.3, -0.25) is 0 Å². The molecule has 0 N–H and O–H groups in total. The molecule has 0 fully saturated rings. The zero-order valence-electron chi connectivity index (χ0n) is 11.2. The molecule has 102 valence electrons. The van der Waals surface area contributed by atoms with Crippen LogP contribution < -0.4 is 0 Å². The fourth-order valence-electron chi connectivity index (χ4n) is 1.89. The van der Waals surface area contributed by atoms with Gasteiger partial charge < -0.3 is 4.74 Å². The number of carbonyl (C=O) groups excluding carboxylic acids is 1. The van der Waals surface area contributed by atoms with Crippen LogP contribution in [0.15, 0.2) is 60.2 Å². The molecule has 0 aliphatic heterocycles. The molecular weight excluding hydrogens is 272 g/mol. The predicted octanol–water partition coefficient (Wildman–Crippen LogP) is 4.14. The van der Waals surface area contributed by atoms with Crippen molar-refractivity contribution in [1.29, 1.82) is 0 Å². The second-order valence-electron chi connectivity index (χ2n) is 4.38. The molecule has 2 aromatic rings. The van der Waals surface area contributed by atoms with E-state index in [0.29, 0.717) is 17.0 Å². The number of rotatable bonds is 4. The molecule has 2 rings (SSSR count). The van der Waals surface area contributed by atoms with Gasteiger partial charge in [0.05, 0.1) is 7.11 Å². The molecule has 0 saturated carbocycles. The number of halogens is 1. The van der Waals surface area contributed by atoms with Gasteiger partial charge in [-0.15, -0.1) is 0 Å². The van der Waals surface area contributed by atoms with Crippen LogP contribution in [-0.4, -0.2) is 13.1 Å². The van der Waals surface area contributed by atoms with Gasteiger partial charge in [0.2, 0.25) is 0 Å². The van der Waals surface area contributed by atoms with Crippen molar-refractivity contribution < 1.29 is 9.53 Å². The van der Waals surface area contributed by atoms with Gasteiger partial charge in [0.25, 0.3) is 0 Å². The average molecular weight is 287 g/mol. The number of benzene rings is 2. The second-order valence-corrected chi connectivity index (χ2v) is 4.81. The molecule has 0 saturated heterocycles. The van der Waals surface area contributed by atoms with E-state index in [1.807, 2.05) is 60.7 Å². The van der Waals surface area contributed by atoms with Crippen molar-refractivity contribution in [1.82, 2.24) is 0 Å². The molecular formula is C17H15ClO2. The summed E-state index contributed by atoms with van der Waals surface area (Å²) in [5, 5.41) is 0.681. The molecule has 0 atom stereocenters. The highest BCUT2D eigenvalue weighted by molar-refractivity contribution is 6.30. The van der Waals surface area contributed by atoms with Crippen LogP contribution in [0.5, 0.6) is 0 Å². The molecule has 0 heterocycles. The summed E-state index contributed by atoms with van der Waals surface area (Å²) in [5.74, 6) is -0.316. The van der Waals surface area contributed by atoms with Gasteiger partial charge in [-0.05, 0) is 29.3 Å². The van der Waals surface area contributed by atoms with E-state index in [0.717, 1.165) is 11.1 Å². The van der Waals surface area contributed by atoms with Gasteiger partial charge >= 0.3 is 5.97 Å². The molecule has 3 heteroatoms. The SMILES string of the molecule is COC(=O)/C(=C\c1ccccc1)Cc1ccc(Cl)cc1. The lowest BCUT2D eigenvalue weighted by atomic mass is 10.0. The number of hydrogen-bond acceptors (Lipinski definition) is 2. The number of methoxy groups -OCH3 is 1. The molecule has 2 nitrogen and oxygen atoms in total. The van der Waals surface area contributed by atoms with Crippen LogP contribution in [0.2, 0.25) is 5.02 Å². The van der Waals surface area contributed by atoms with Crippen LogP contribution in [-0.2, 0) is 16.0 Å². The minimum Gasteiger partial charge on any atom is -0.466 e. The summed E-state index contributed by atoms with van der Waals surface area (Å²) < 4.78 is 4.85. The maximum absolute atomic E-state index is 11.9. The summed E-state index contributed by atoms with van der Waals surface area (Å²) in [6.07, 6.45) is 2.36. The molecule has 0 radical (unpaired) electrons. The summed E-state index contributed by atoms with van der Waals surface area (Å²) in [4.78, 5) is 11.9. The molecule has 2 aromatic carbocycles. The van der Waals surface area contributed by atoms with E-state index < -0.39 is 0 Å². The first-order valence-electron chi connectivity index (χ1n) is 6.27. The maximum Gasteiger partial charge on any atom is 0.334 e. The Morgan fingerprint density at radius 2 is 1.75 bits per heavy atom. The van der Waals surface area contributed by atoms with E-state index in [4.69, 9.17) is 16.3 Å². The van der Waals surface area contributed by atoms with Gasteiger partial charge in [-0.2, -0.15) is 0 Å². The van der Waals surface area contributed by atoms with E-state index in [1.165, 1.54) is 7.11 Å². The minimum atomic E-state index is -0.316. The van der Waals surface area contributed by atoms with Crippen molar-refractivity contribution in [2.45, 2.75) is 6.42 Å². The maximum atomic E-state index is 11.9. The lowest BCUT2D eigenvalue weighted by Crippen LogP contribution is -2.07. The van der Waals surface area contributed by atoms with Crippen LogP contribution in [0.4, 0.5) is 0 Å². The van der Waals surface area contributed by atoms with Gasteiger partial charge in [-0.25, -0.2) is 4.79 Å². The van der Waals surface area contributed by atoms with Crippen molar-refractivity contribution in [3.8, 4) is 0 Å². The number of hydrogen-bond donors (Lipinski definition) is 0. The van der Waals surface area contributed by atoms with E-state index >= 15 is 0 Å². The van der Waals surface area contributed by atoms with Crippen molar-refractivity contribution in [3.63, 3.8) is 0 Å². The van der Waals surface area contributed by atoms with Crippen LogP contribution in [0, 0.1) is 0 Å². The fourth-order valence-corrected chi connectivity index (χ4v) is 2.01. The molecule has 0 spiro atoms. The van der Waals surface area contributed by atoms with E-state index in [9.17, 15) is 4.79 Å². The van der Waals surface area contributed by atoms with Crippen molar-refractivity contribution in [3.05, 3.63) is 76.3 Å². The molecule has 0 amide bonds. The zero-order chi connectivity index (χ0) is 14.4. The van der Waals surface area contributed by atoms with Crippen LogP contribution >= 0.6 is 11.6 Å². The normalized spacial score (nSPS) is 11.2. The highest BCUT2D eigenvalue weighted by Gasteiger charge is 2.10. The highest BCUT2D eigenvalue weighted by Crippen LogP contribution is 2.16. The van der Waals surface area contributed by atoms with E-state index in [1.54, 1.807) is 0 Å². The predicted molar refractivity (Wildman–Crippen MR) is 81.6 cm³/mol. The van der Waals surface area contributed by atoms with Gasteiger partial charge in [0, 0.05) is 17.0 Å². The number of carbonyl (C=O) groups is 1. The lowest BCUT2D eigenvalue weighted by molar-refractivity contribution is -0.136. The molecule has 0 bridgehead atoms. The second kappa shape index (κ2) is 6.92. The highest BCUT2D eigenvalue weighted by atomic mass is 35.5. The zero-order valence-corrected chi connectivity index (χ0v) is 11.9. The molecule has 20 heavy (non-hydrogen) atoms. The van der Waals surface area contributed by atoms with Crippen LogP contribution in [0.3, 0.4) is 0 Å². The van der Waals surface area contributed by atoms with Crippen molar-refractivity contribution in [2.24, 2.45) is 0 Å². The summed E-state index contributed by atoms with van der Waals surface area (Å²) >= 11 is 5.86. The Morgan fingerprint density at radius 1 is 1.10 bits per heavy atom. The summed E-state index contributed by atoms with van der Waals surface area (Å²) in [6.45, 7) is 0. The van der Waals surface area contributed by atoms with Gasteiger partial charge in [0.1, 0.15) is 0 Å². The first-order valence-corrected chi connectivity index (χ1v) is 6.65. The van der Waals surface area contributed by atoms with Crippen molar-refractivity contribution in [2.75, 3.05) is 7.11 Å². The Balaban J connectivity index is 2.26. The molecule has 0 unspecified atom stereocenters. The molecule has 0 aliphatic carbocycles. The summed E-state index contributed by atoms with van der Waals surface area (Å²) in [5.41, 5.74) is 2.60. The van der Waals surface area contributed by atoms with Gasteiger partial charge in [0.15, 0.2) is 0 Å². The Labute approximate surface area is 123 Å². The van der Waals surface area contributed by atoms with E-state index in [2.05, 4.69) is 0 Å². The first-order chi connectivity index (χ1) is 9.69. The fraction of sp³-hybridized carbons (Fsp3) is 0.118. The minimum absolute atomic E-state index is 0.316. The lowest BCUT2D eigenvalue weighted by Gasteiger charge is -2.06. The Hall–Kier alpha value is -2.06. The average Bonchev–Trinajstić information content (AvgIpc) is 2.49. The third kappa shape index (κ3) is 3.97. The standard InChI is InChI=1S/C17H15ClO2/c1-20-17(19)15(11-13-5-3-2-4-6-13)12-14-7-9-16(18)10-8-14/h2-11H,12H2,1H3/b15-11-. The molecule has 0 aromatic heterocycles. The van der Waals surface area contributed by atoms with Crippen molar-refractivity contribution >= 4 is 23.6 Å². The number of esters is 1. The van der Waals surface area contributed by atoms with Gasteiger partial charge in [-0.1, -0.05) is 54.1 Å². The summed E-state index contributed by atoms with van der Waals surface area (Å²) in [6, 6.07) is 17.1.